The predicted molar refractivity (Wildman–Crippen MR) is 53.8 cm³/mol. The van der Waals surface area contributed by atoms with E-state index in [1.807, 2.05) is 18.3 Å². The molecule has 0 amide bonds. The number of nitrogens with one attached hydrogen (secondary N) is 1. The molecule has 1 heterocycles. The molecule has 3 nitrogen and oxygen atoms in total. The maximum atomic E-state index is 10.0. The van der Waals surface area contributed by atoms with Crippen molar-refractivity contribution in [2.24, 2.45) is 4.99 Å². The quantitative estimate of drug-likeness (QED) is 0.601. The van der Waals surface area contributed by atoms with Gasteiger partial charge in [0.25, 0.3) is 0 Å². The summed E-state index contributed by atoms with van der Waals surface area (Å²) in [6, 6.07) is 5.51. The van der Waals surface area contributed by atoms with Crippen molar-refractivity contribution in [2.75, 3.05) is 0 Å². The fraction of sp³-hybridized carbons (Fsp3) is 0. The molecule has 0 atom stereocenters. The second-order valence-corrected chi connectivity index (χ2v) is 3.43. The molecular formula is C9H5BrN2O. The van der Waals surface area contributed by atoms with E-state index >= 15 is 0 Å². The van der Waals surface area contributed by atoms with Crippen molar-refractivity contribution < 1.29 is 4.79 Å². The zero-order valence-corrected chi connectivity index (χ0v) is 8.13. The summed E-state index contributed by atoms with van der Waals surface area (Å²) >= 11 is 3.38. The molecular weight excluding hydrogens is 232 g/mol. The van der Waals surface area contributed by atoms with Crippen LogP contribution in [0.5, 0.6) is 0 Å². The van der Waals surface area contributed by atoms with Gasteiger partial charge in [-0.3, -0.25) is 0 Å². The second-order valence-electron chi connectivity index (χ2n) is 2.57. The largest absolute Gasteiger partial charge is 0.360 e. The van der Waals surface area contributed by atoms with Gasteiger partial charge in [-0.05, 0) is 34.1 Å². The van der Waals surface area contributed by atoms with E-state index in [4.69, 9.17) is 0 Å². The van der Waals surface area contributed by atoms with Crippen LogP contribution in [0.1, 0.15) is 0 Å². The first kappa shape index (κ1) is 8.23. The zero-order chi connectivity index (χ0) is 9.26. The van der Waals surface area contributed by atoms with Gasteiger partial charge in [0.15, 0.2) is 0 Å². The lowest BCUT2D eigenvalue weighted by Gasteiger charge is -1.95. The lowest BCUT2D eigenvalue weighted by Crippen LogP contribution is -1.71. The third-order valence-corrected chi connectivity index (χ3v) is 2.40. The van der Waals surface area contributed by atoms with Crippen molar-refractivity contribution in [3.8, 4) is 0 Å². The van der Waals surface area contributed by atoms with Crippen molar-refractivity contribution in [1.29, 1.82) is 0 Å². The Kier molecular flexibility index (Phi) is 2.00. The summed E-state index contributed by atoms with van der Waals surface area (Å²) in [5.74, 6) is 0. The van der Waals surface area contributed by atoms with Gasteiger partial charge in [-0.2, -0.15) is 4.99 Å². The molecule has 0 unspecified atom stereocenters. The Bertz CT molecular complexity index is 497. The Morgan fingerprint density at radius 2 is 2.31 bits per heavy atom. The lowest BCUT2D eigenvalue weighted by molar-refractivity contribution is 0.565. The van der Waals surface area contributed by atoms with Crippen molar-refractivity contribution in [3.63, 3.8) is 0 Å². The summed E-state index contributed by atoms with van der Waals surface area (Å²) in [4.78, 5) is 16.7. The summed E-state index contributed by atoms with van der Waals surface area (Å²) < 4.78 is 0.893. The van der Waals surface area contributed by atoms with Crippen LogP contribution in [0, 0.1) is 0 Å². The van der Waals surface area contributed by atoms with Gasteiger partial charge < -0.3 is 4.98 Å². The van der Waals surface area contributed by atoms with Crippen molar-refractivity contribution in [1.82, 2.24) is 4.98 Å². The van der Waals surface area contributed by atoms with Crippen molar-refractivity contribution in [2.45, 2.75) is 0 Å². The van der Waals surface area contributed by atoms with Gasteiger partial charge in [-0.1, -0.05) is 0 Å². The molecule has 1 aromatic carbocycles. The molecule has 0 fully saturated rings. The van der Waals surface area contributed by atoms with E-state index < -0.39 is 0 Å². The van der Waals surface area contributed by atoms with E-state index in [1.54, 1.807) is 6.07 Å². The SMILES string of the molecule is O=C=Nc1cc(Br)c2[nH]ccc2c1. The van der Waals surface area contributed by atoms with Gasteiger partial charge in [0.05, 0.1) is 11.2 Å². The van der Waals surface area contributed by atoms with Crippen LogP contribution in [-0.4, -0.2) is 11.1 Å². The minimum atomic E-state index is 0.606. The molecule has 0 aliphatic heterocycles. The van der Waals surface area contributed by atoms with Gasteiger partial charge in [0, 0.05) is 16.1 Å². The van der Waals surface area contributed by atoms with Crippen LogP contribution in [0.4, 0.5) is 5.69 Å². The van der Waals surface area contributed by atoms with Gasteiger partial charge in [-0.25, -0.2) is 4.79 Å². The summed E-state index contributed by atoms with van der Waals surface area (Å²) in [5.41, 5.74) is 1.61. The Labute approximate surface area is 82.6 Å². The number of aromatic nitrogens is 1. The fourth-order valence-corrected chi connectivity index (χ4v) is 1.81. The third-order valence-electron chi connectivity index (χ3n) is 1.77. The molecule has 0 aliphatic rings. The number of carbonyl (C=O) groups excluding carboxylic acids is 1. The Morgan fingerprint density at radius 3 is 3.08 bits per heavy atom. The number of aliphatic imine (C=N–C) groups is 1. The molecule has 1 aromatic heterocycles. The van der Waals surface area contributed by atoms with Crippen molar-refractivity contribution >= 4 is 38.6 Å². The highest BCUT2D eigenvalue weighted by Crippen LogP contribution is 2.28. The number of aromatic amines is 1. The normalized spacial score (nSPS) is 9.92. The van der Waals surface area contributed by atoms with Crippen LogP contribution in [0.25, 0.3) is 10.9 Å². The van der Waals surface area contributed by atoms with Crippen LogP contribution in [-0.2, 0) is 4.79 Å². The van der Waals surface area contributed by atoms with Gasteiger partial charge in [0.2, 0.25) is 6.08 Å². The topological polar surface area (TPSA) is 45.2 Å². The summed E-state index contributed by atoms with van der Waals surface area (Å²) in [6.45, 7) is 0. The average Bonchev–Trinajstić information content (AvgIpc) is 2.53. The molecule has 2 rings (SSSR count). The van der Waals surface area contributed by atoms with Gasteiger partial charge in [-0.15, -0.1) is 0 Å². The molecule has 13 heavy (non-hydrogen) atoms. The monoisotopic (exact) mass is 236 g/mol. The summed E-state index contributed by atoms with van der Waals surface area (Å²) in [7, 11) is 0. The molecule has 0 saturated carbocycles. The molecule has 0 spiro atoms. The Hall–Kier alpha value is -1.38. The zero-order valence-electron chi connectivity index (χ0n) is 6.54. The number of fused-ring (bicyclic) bond motifs is 1. The molecule has 0 radical (unpaired) electrons. The van der Waals surface area contributed by atoms with E-state index in [0.717, 1.165) is 15.4 Å². The molecule has 1 N–H and O–H groups in total. The van der Waals surface area contributed by atoms with E-state index in [2.05, 4.69) is 25.9 Å². The number of nitrogens with zero attached hydrogens (tertiary/aromatic N) is 1. The number of isocyanates is 1. The number of hydrogen-bond donors (Lipinski definition) is 1. The van der Waals surface area contributed by atoms with E-state index in [9.17, 15) is 4.79 Å². The highest BCUT2D eigenvalue weighted by Gasteiger charge is 2.01. The van der Waals surface area contributed by atoms with E-state index in [-0.39, 0.29) is 0 Å². The predicted octanol–water partition coefficient (Wildman–Crippen LogP) is 2.90. The Morgan fingerprint density at radius 1 is 1.46 bits per heavy atom. The van der Waals surface area contributed by atoms with Crippen LogP contribution < -0.4 is 0 Å². The van der Waals surface area contributed by atoms with Crippen LogP contribution in [0.3, 0.4) is 0 Å². The second kappa shape index (κ2) is 3.17. The number of halogens is 1. The van der Waals surface area contributed by atoms with Gasteiger partial charge in [0.1, 0.15) is 0 Å². The first-order valence-corrected chi connectivity index (χ1v) is 4.45. The summed E-state index contributed by atoms with van der Waals surface area (Å²) in [6.07, 6.45) is 3.35. The molecule has 0 aliphatic carbocycles. The first-order chi connectivity index (χ1) is 6.31. The Balaban J connectivity index is 2.76. The molecule has 64 valence electrons. The summed E-state index contributed by atoms with van der Waals surface area (Å²) in [5, 5.41) is 1.02. The maximum Gasteiger partial charge on any atom is 0.240 e. The minimum Gasteiger partial charge on any atom is -0.360 e. The molecule has 0 bridgehead atoms. The number of H-pyrrole nitrogens is 1. The third kappa shape index (κ3) is 1.41. The van der Waals surface area contributed by atoms with Crippen molar-refractivity contribution in [3.05, 3.63) is 28.9 Å². The van der Waals surface area contributed by atoms with E-state index in [1.165, 1.54) is 6.08 Å². The van der Waals surface area contributed by atoms with E-state index in [0.29, 0.717) is 5.69 Å². The van der Waals surface area contributed by atoms with Crippen LogP contribution >= 0.6 is 15.9 Å². The minimum absolute atomic E-state index is 0.606. The highest BCUT2D eigenvalue weighted by molar-refractivity contribution is 9.10. The average molecular weight is 237 g/mol. The molecule has 4 heteroatoms. The maximum absolute atomic E-state index is 10.0. The van der Waals surface area contributed by atoms with Crippen LogP contribution in [0.2, 0.25) is 0 Å². The molecule has 2 aromatic rings. The lowest BCUT2D eigenvalue weighted by atomic mass is 10.2. The smallest absolute Gasteiger partial charge is 0.240 e. The molecule has 0 saturated heterocycles. The number of rotatable bonds is 1. The van der Waals surface area contributed by atoms with Gasteiger partial charge >= 0.3 is 0 Å². The standard InChI is InChI=1S/C9H5BrN2O/c10-8-4-7(12-5-13)3-6-1-2-11-9(6)8/h1-4,11H. The number of hydrogen-bond acceptors (Lipinski definition) is 2. The van der Waals surface area contributed by atoms with Crippen LogP contribution in [0.15, 0.2) is 33.9 Å². The highest BCUT2D eigenvalue weighted by atomic mass is 79.9. The first-order valence-electron chi connectivity index (χ1n) is 3.66. The fourth-order valence-electron chi connectivity index (χ4n) is 1.23. The number of benzene rings is 1.